The van der Waals surface area contributed by atoms with Crippen LogP contribution in [0.3, 0.4) is 0 Å². The number of rotatable bonds is 7. The quantitative estimate of drug-likeness (QED) is 0.566. The number of esters is 1. The number of H-pyrrole nitrogens is 2. The molecule has 1 amide bonds. The Hall–Kier alpha value is -2.68. The lowest BCUT2D eigenvalue weighted by molar-refractivity contribution is -0.141. The fourth-order valence-corrected chi connectivity index (χ4v) is 3.07. The van der Waals surface area contributed by atoms with Gasteiger partial charge in [-0.1, -0.05) is 28.1 Å². The predicted octanol–water partition coefficient (Wildman–Crippen LogP) is 1.49. The van der Waals surface area contributed by atoms with Crippen LogP contribution >= 0.6 is 15.9 Å². The fourth-order valence-electron chi connectivity index (χ4n) is 2.66. The zero-order chi connectivity index (χ0) is 20.0. The summed E-state index contributed by atoms with van der Waals surface area (Å²) in [6.45, 7) is 1.60. The number of halogens is 1. The molecule has 3 N–H and O–H groups in total. The average molecular weight is 438 g/mol. The molecular weight excluding hydrogens is 418 g/mol. The number of amides is 1. The van der Waals surface area contributed by atoms with Gasteiger partial charge in [-0.25, -0.2) is 4.79 Å². The average Bonchev–Trinajstić information content (AvgIpc) is 2.60. The largest absolute Gasteiger partial charge is 0.469 e. The van der Waals surface area contributed by atoms with Crippen LogP contribution < -0.4 is 16.6 Å². The SMILES string of the molecule is COC(=O)CC(NC(=O)CCc1c(C)[nH]c(=O)[nH]c1=O)c1cccc(Br)c1. The molecule has 1 aromatic carbocycles. The van der Waals surface area contributed by atoms with Crippen molar-refractivity contribution in [3.05, 3.63) is 66.4 Å². The first-order valence-corrected chi connectivity index (χ1v) is 9.03. The summed E-state index contributed by atoms with van der Waals surface area (Å²) in [6.07, 6.45) is 0.172. The maximum Gasteiger partial charge on any atom is 0.325 e. The van der Waals surface area contributed by atoms with E-state index in [9.17, 15) is 19.2 Å². The highest BCUT2D eigenvalue weighted by atomic mass is 79.9. The van der Waals surface area contributed by atoms with E-state index in [-0.39, 0.29) is 25.2 Å². The maximum absolute atomic E-state index is 12.4. The van der Waals surface area contributed by atoms with Crippen LogP contribution in [-0.4, -0.2) is 29.0 Å². The van der Waals surface area contributed by atoms with Gasteiger partial charge < -0.3 is 15.0 Å². The minimum Gasteiger partial charge on any atom is -0.469 e. The lowest BCUT2D eigenvalue weighted by atomic mass is 10.0. The van der Waals surface area contributed by atoms with Crippen LogP contribution in [-0.2, 0) is 20.7 Å². The number of hydrogen-bond acceptors (Lipinski definition) is 5. The molecule has 0 saturated heterocycles. The summed E-state index contributed by atoms with van der Waals surface area (Å²) in [5.41, 5.74) is 0.424. The van der Waals surface area contributed by atoms with Gasteiger partial charge in [-0.2, -0.15) is 0 Å². The van der Waals surface area contributed by atoms with Crippen molar-refractivity contribution in [1.29, 1.82) is 0 Å². The summed E-state index contributed by atoms with van der Waals surface area (Å²) in [5.74, 6) is -0.776. The Balaban J connectivity index is 2.10. The molecule has 0 aliphatic heterocycles. The molecule has 8 nitrogen and oxygen atoms in total. The Kier molecular flexibility index (Phi) is 7.12. The number of ether oxygens (including phenoxy) is 1. The van der Waals surface area contributed by atoms with Gasteiger partial charge >= 0.3 is 11.7 Å². The molecule has 0 aliphatic rings. The number of aryl methyl sites for hydroxylation is 1. The van der Waals surface area contributed by atoms with E-state index in [0.717, 1.165) is 10.0 Å². The Morgan fingerprint density at radius 3 is 2.63 bits per heavy atom. The van der Waals surface area contributed by atoms with Crippen molar-refractivity contribution < 1.29 is 14.3 Å². The first-order valence-electron chi connectivity index (χ1n) is 8.24. The van der Waals surface area contributed by atoms with E-state index in [1.165, 1.54) is 7.11 Å². The Morgan fingerprint density at radius 1 is 1.26 bits per heavy atom. The van der Waals surface area contributed by atoms with E-state index in [2.05, 4.69) is 31.2 Å². The third-order valence-electron chi connectivity index (χ3n) is 4.04. The second-order valence-electron chi connectivity index (χ2n) is 5.97. The van der Waals surface area contributed by atoms with Crippen LogP contribution in [0.2, 0.25) is 0 Å². The van der Waals surface area contributed by atoms with Crippen molar-refractivity contribution in [1.82, 2.24) is 15.3 Å². The Morgan fingerprint density at radius 2 is 2.00 bits per heavy atom. The summed E-state index contributed by atoms with van der Waals surface area (Å²) in [5, 5.41) is 2.80. The number of carbonyl (C=O) groups is 2. The molecule has 1 aromatic heterocycles. The van der Waals surface area contributed by atoms with Gasteiger partial charge in [0.05, 0.1) is 19.6 Å². The molecule has 0 radical (unpaired) electrons. The lowest BCUT2D eigenvalue weighted by Crippen LogP contribution is -2.32. The summed E-state index contributed by atoms with van der Waals surface area (Å²) >= 11 is 3.37. The molecule has 0 aliphatic carbocycles. The molecular formula is C18H20BrN3O5. The first kappa shape index (κ1) is 20.6. The van der Waals surface area contributed by atoms with Crippen LogP contribution in [0, 0.1) is 6.92 Å². The highest BCUT2D eigenvalue weighted by Gasteiger charge is 2.19. The zero-order valence-corrected chi connectivity index (χ0v) is 16.5. The number of aromatic nitrogens is 2. The second kappa shape index (κ2) is 9.31. The van der Waals surface area contributed by atoms with Crippen molar-refractivity contribution in [3.63, 3.8) is 0 Å². The number of aromatic amines is 2. The number of benzene rings is 1. The summed E-state index contributed by atoms with van der Waals surface area (Å²) in [7, 11) is 1.29. The minimum atomic E-state index is -0.585. The highest BCUT2D eigenvalue weighted by molar-refractivity contribution is 9.10. The monoisotopic (exact) mass is 437 g/mol. The number of nitrogens with one attached hydrogen (secondary N) is 3. The molecule has 0 spiro atoms. The molecule has 2 rings (SSSR count). The fraction of sp³-hybridized carbons (Fsp3) is 0.333. The third-order valence-corrected chi connectivity index (χ3v) is 4.53. The van der Waals surface area contributed by atoms with E-state index < -0.39 is 23.3 Å². The zero-order valence-electron chi connectivity index (χ0n) is 14.9. The number of methoxy groups -OCH3 is 1. The summed E-state index contributed by atoms with van der Waals surface area (Å²) in [6, 6.07) is 6.70. The Bertz CT molecular complexity index is 950. The van der Waals surface area contributed by atoms with Crippen LogP contribution in [0.25, 0.3) is 0 Å². The van der Waals surface area contributed by atoms with E-state index in [1.54, 1.807) is 19.1 Å². The third kappa shape index (κ3) is 5.92. The lowest BCUT2D eigenvalue weighted by Gasteiger charge is -2.18. The molecule has 0 saturated carbocycles. The van der Waals surface area contributed by atoms with Gasteiger partial charge in [0.2, 0.25) is 5.91 Å². The van der Waals surface area contributed by atoms with E-state index in [4.69, 9.17) is 4.74 Å². The molecule has 27 heavy (non-hydrogen) atoms. The smallest absolute Gasteiger partial charge is 0.325 e. The van der Waals surface area contributed by atoms with Crippen LogP contribution in [0.1, 0.15) is 35.7 Å². The van der Waals surface area contributed by atoms with Crippen LogP contribution in [0.5, 0.6) is 0 Å². The molecule has 2 aromatic rings. The molecule has 0 fully saturated rings. The molecule has 144 valence electrons. The standard InChI is InChI=1S/C18H20BrN3O5/c1-10-13(17(25)22-18(26)20-10)6-7-15(23)21-14(9-16(24)27-2)11-4-3-5-12(19)8-11/h3-5,8,14H,6-7,9H2,1-2H3,(H,21,23)(H2,20,22,25,26). The maximum atomic E-state index is 12.4. The molecule has 0 bridgehead atoms. The van der Waals surface area contributed by atoms with Gasteiger partial charge in [-0.3, -0.25) is 19.4 Å². The van der Waals surface area contributed by atoms with Gasteiger partial charge in [-0.05, 0) is 31.0 Å². The van der Waals surface area contributed by atoms with Gasteiger partial charge in [0.15, 0.2) is 0 Å². The van der Waals surface area contributed by atoms with E-state index in [1.807, 2.05) is 12.1 Å². The topological polar surface area (TPSA) is 121 Å². The predicted molar refractivity (Wildman–Crippen MR) is 102 cm³/mol. The van der Waals surface area contributed by atoms with Gasteiger partial charge in [0.25, 0.3) is 5.56 Å². The number of carbonyl (C=O) groups excluding carboxylic acids is 2. The molecule has 1 atom stereocenters. The molecule has 1 heterocycles. The van der Waals surface area contributed by atoms with Crippen molar-refractivity contribution in [2.24, 2.45) is 0 Å². The van der Waals surface area contributed by atoms with Gasteiger partial charge in [-0.15, -0.1) is 0 Å². The number of hydrogen-bond donors (Lipinski definition) is 3. The Labute approximate surface area is 163 Å². The molecule has 9 heteroatoms. The normalized spacial score (nSPS) is 11.7. The van der Waals surface area contributed by atoms with E-state index >= 15 is 0 Å². The van der Waals surface area contributed by atoms with Crippen molar-refractivity contribution in [2.45, 2.75) is 32.2 Å². The highest BCUT2D eigenvalue weighted by Crippen LogP contribution is 2.21. The van der Waals surface area contributed by atoms with Crippen molar-refractivity contribution >= 4 is 27.8 Å². The van der Waals surface area contributed by atoms with Gasteiger partial charge in [0.1, 0.15) is 0 Å². The van der Waals surface area contributed by atoms with Crippen molar-refractivity contribution in [2.75, 3.05) is 7.11 Å². The first-order chi connectivity index (χ1) is 12.8. The van der Waals surface area contributed by atoms with Crippen molar-refractivity contribution in [3.8, 4) is 0 Å². The second-order valence-corrected chi connectivity index (χ2v) is 6.88. The molecule has 1 unspecified atom stereocenters. The minimum absolute atomic E-state index is 0.0169. The van der Waals surface area contributed by atoms with Crippen LogP contribution in [0.15, 0.2) is 38.3 Å². The van der Waals surface area contributed by atoms with Gasteiger partial charge in [0, 0.05) is 22.2 Å². The summed E-state index contributed by atoms with van der Waals surface area (Å²) in [4.78, 5) is 51.8. The summed E-state index contributed by atoms with van der Waals surface area (Å²) < 4.78 is 5.52. The van der Waals surface area contributed by atoms with Crippen LogP contribution in [0.4, 0.5) is 0 Å². The van der Waals surface area contributed by atoms with E-state index in [0.29, 0.717) is 11.3 Å².